The van der Waals surface area contributed by atoms with Gasteiger partial charge in [0.1, 0.15) is 11.8 Å². The molecular weight excluding hydrogens is 548 g/mol. The van der Waals surface area contributed by atoms with E-state index in [0.717, 1.165) is 0 Å². The molecule has 0 spiro atoms. The summed E-state index contributed by atoms with van der Waals surface area (Å²) in [4.78, 5) is 31.9. The lowest BCUT2D eigenvalue weighted by atomic mass is 9.95. The Kier molecular flexibility index (Phi) is 7.65. The van der Waals surface area contributed by atoms with Crippen molar-refractivity contribution in [2.45, 2.75) is 26.8 Å². The Balaban J connectivity index is 1.98. The molecule has 36 heavy (non-hydrogen) atoms. The first-order valence-electron chi connectivity index (χ1n) is 11.3. The van der Waals surface area contributed by atoms with Crippen molar-refractivity contribution in [1.29, 1.82) is 0 Å². The first kappa shape index (κ1) is 25.7. The summed E-state index contributed by atoms with van der Waals surface area (Å²) >= 11 is 4.53. The number of esters is 1. The van der Waals surface area contributed by atoms with Crippen LogP contribution < -0.4 is 24.4 Å². The van der Waals surface area contributed by atoms with Gasteiger partial charge in [-0.3, -0.25) is 9.36 Å². The van der Waals surface area contributed by atoms with Gasteiger partial charge >= 0.3 is 5.97 Å². The van der Waals surface area contributed by atoms with Gasteiger partial charge in [-0.15, -0.1) is 0 Å². The number of carbonyl (C=O) groups is 1. The SMILES string of the molecule is CCOC(=O)C1=C(C)N=c2s/c(=C\c3cc(Br)c(O)c(OC)c3)c(=O)n2[C@H]1c1ccccc1OCC. The molecule has 188 valence electrons. The summed E-state index contributed by atoms with van der Waals surface area (Å²) in [6.45, 7) is 5.96. The Morgan fingerprint density at radius 2 is 1.97 bits per heavy atom. The molecule has 1 N–H and O–H groups in total. The van der Waals surface area contributed by atoms with Crippen LogP contribution in [0.3, 0.4) is 0 Å². The zero-order valence-corrected chi connectivity index (χ0v) is 22.6. The molecule has 3 aromatic rings. The minimum atomic E-state index is -0.772. The van der Waals surface area contributed by atoms with Crippen molar-refractivity contribution in [3.8, 4) is 17.2 Å². The van der Waals surface area contributed by atoms with Crippen molar-refractivity contribution in [3.05, 3.63) is 83.0 Å². The summed E-state index contributed by atoms with van der Waals surface area (Å²) in [6, 6.07) is 9.88. The zero-order chi connectivity index (χ0) is 26.0. The van der Waals surface area contributed by atoms with Gasteiger partial charge in [0.2, 0.25) is 0 Å². The van der Waals surface area contributed by atoms with Gasteiger partial charge in [-0.2, -0.15) is 0 Å². The third kappa shape index (κ3) is 4.70. The summed E-state index contributed by atoms with van der Waals surface area (Å²) in [7, 11) is 1.45. The van der Waals surface area contributed by atoms with Gasteiger partial charge in [0.15, 0.2) is 16.3 Å². The van der Waals surface area contributed by atoms with Crippen molar-refractivity contribution in [2.75, 3.05) is 20.3 Å². The molecule has 0 unspecified atom stereocenters. The highest BCUT2D eigenvalue weighted by atomic mass is 79.9. The van der Waals surface area contributed by atoms with Crippen LogP contribution >= 0.6 is 27.3 Å². The van der Waals surface area contributed by atoms with Gasteiger partial charge < -0.3 is 19.3 Å². The predicted molar refractivity (Wildman–Crippen MR) is 140 cm³/mol. The third-order valence-electron chi connectivity index (χ3n) is 5.60. The normalized spacial score (nSPS) is 15.4. The number of aromatic hydroxyl groups is 1. The predicted octanol–water partition coefficient (Wildman–Crippen LogP) is 3.67. The number of rotatable bonds is 7. The van der Waals surface area contributed by atoms with Crippen molar-refractivity contribution in [2.24, 2.45) is 4.99 Å². The molecule has 0 bridgehead atoms. The Morgan fingerprint density at radius 3 is 2.67 bits per heavy atom. The number of nitrogens with zero attached hydrogens (tertiary/aromatic N) is 2. The van der Waals surface area contributed by atoms with Gasteiger partial charge in [0.05, 0.1) is 40.6 Å². The van der Waals surface area contributed by atoms with E-state index >= 15 is 0 Å². The number of fused-ring (bicyclic) bond motifs is 1. The molecule has 0 amide bonds. The molecule has 4 rings (SSSR count). The standard InChI is InChI=1S/C26H25BrN2O6S/c1-5-34-18-10-8-7-9-16(18)22-21(25(32)35-6-2)14(3)28-26-29(22)24(31)20(36-26)13-15-11-17(27)23(30)19(12-15)33-4/h7-13,22,30H,5-6H2,1-4H3/b20-13-/t22-/m0/s1. The Morgan fingerprint density at radius 1 is 1.22 bits per heavy atom. The number of carbonyl (C=O) groups excluding carboxylic acids is 1. The fraction of sp³-hybridized carbons (Fsp3) is 0.269. The van der Waals surface area contributed by atoms with E-state index in [2.05, 4.69) is 20.9 Å². The maximum Gasteiger partial charge on any atom is 0.338 e. The molecule has 2 heterocycles. The van der Waals surface area contributed by atoms with E-state index in [1.54, 1.807) is 32.1 Å². The number of ether oxygens (including phenoxy) is 3. The fourth-order valence-corrected chi connectivity index (χ4v) is 5.57. The van der Waals surface area contributed by atoms with Crippen LogP contribution in [0.4, 0.5) is 0 Å². The second-order valence-electron chi connectivity index (χ2n) is 7.83. The monoisotopic (exact) mass is 572 g/mol. The lowest BCUT2D eigenvalue weighted by Gasteiger charge is -2.26. The highest BCUT2D eigenvalue weighted by Crippen LogP contribution is 2.37. The first-order chi connectivity index (χ1) is 17.3. The van der Waals surface area contributed by atoms with Gasteiger partial charge in [-0.25, -0.2) is 9.79 Å². The summed E-state index contributed by atoms with van der Waals surface area (Å²) in [5.74, 6) is 0.283. The highest BCUT2D eigenvalue weighted by Gasteiger charge is 2.35. The first-order valence-corrected chi connectivity index (χ1v) is 12.9. The summed E-state index contributed by atoms with van der Waals surface area (Å²) in [5.41, 5.74) is 1.77. The Labute approximate surface area is 219 Å². The number of methoxy groups -OCH3 is 1. The number of hydrogen-bond donors (Lipinski definition) is 1. The number of thiazole rings is 1. The van der Waals surface area contributed by atoms with Crippen LogP contribution in [0.5, 0.6) is 17.2 Å². The maximum atomic E-state index is 13.8. The zero-order valence-electron chi connectivity index (χ0n) is 20.2. The van der Waals surface area contributed by atoms with Crippen LogP contribution in [-0.2, 0) is 9.53 Å². The minimum Gasteiger partial charge on any atom is -0.503 e. The van der Waals surface area contributed by atoms with E-state index in [0.29, 0.717) is 43.0 Å². The smallest absolute Gasteiger partial charge is 0.338 e. The molecule has 0 aliphatic carbocycles. The van der Waals surface area contributed by atoms with Gasteiger partial charge in [0, 0.05) is 5.56 Å². The minimum absolute atomic E-state index is 0.0293. The van der Waals surface area contributed by atoms with Crippen molar-refractivity contribution >= 4 is 39.3 Å². The Hall–Kier alpha value is -3.37. The van der Waals surface area contributed by atoms with Crippen LogP contribution in [0.1, 0.15) is 37.9 Å². The largest absolute Gasteiger partial charge is 0.503 e. The van der Waals surface area contributed by atoms with Crippen LogP contribution in [0.25, 0.3) is 6.08 Å². The molecule has 0 saturated heterocycles. The Bertz CT molecular complexity index is 1540. The highest BCUT2D eigenvalue weighted by molar-refractivity contribution is 9.10. The lowest BCUT2D eigenvalue weighted by Crippen LogP contribution is -2.40. The maximum absolute atomic E-state index is 13.8. The molecule has 10 heteroatoms. The molecule has 1 aromatic heterocycles. The van der Waals surface area contributed by atoms with Crippen LogP contribution in [0.15, 0.2) is 61.9 Å². The molecule has 2 aromatic carbocycles. The number of allylic oxidation sites excluding steroid dienone is 1. The van der Waals surface area contributed by atoms with Crippen molar-refractivity contribution in [3.63, 3.8) is 0 Å². The number of benzene rings is 2. The van der Waals surface area contributed by atoms with Crippen LogP contribution in [0, 0.1) is 0 Å². The molecular formula is C26H25BrN2O6S. The van der Waals surface area contributed by atoms with Crippen LogP contribution in [0.2, 0.25) is 0 Å². The van der Waals surface area contributed by atoms with E-state index in [4.69, 9.17) is 14.2 Å². The van der Waals surface area contributed by atoms with Crippen molar-refractivity contribution in [1.82, 2.24) is 4.57 Å². The second kappa shape index (κ2) is 10.7. The molecule has 0 fully saturated rings. The summed E-state index contributed by atoms with van der Waals surface area (Å²) < 4.78 is 18.8. The van der Waals surface area contributed by atoms with Gasteiger partial charge in [-0.1, -0.05) is 29.5 Å². The third-order valence-corrected chi connectivity index (χ3v) is 7.19. The topological polar surface area (TPSA) is 99.4 Å². The number of hydrogen-bond acceptors (Lipinski definition) is 8. The molecule has 0 saturated carbocycles. The molecule has 1 atom stereocenters. The number of phenols is 1. The van der Waals surface area contributed by atoms with E-state index in [1.807, 2.05) is 31.2 Å². The second-order valence-corrected chi connectivity index (χ2v) is 9.69. The number of halogens is 1. The number of phenolic OH excluding ortho intramolecular Hbond substituents is 1. The molecule has 8 nitrogen and oxygen atoms in total. The molecule has 1 aliphatic rings. The van der Waals surface area contributed by atoms with Gasteiger partial charge in [-0.05, 0) is 66.5 Å². The summed E-state index contributed by atoms with van der Waals surface area (Å²) in [6.07, 6.45) is 1.70. The molecule has 1 aliphatic heterocycles. The lowest BCUT2D eigenvalue weighted by molar-refractivity contribution is -0.139. The van der Waals surface area contributed by atoms with Gasteiger partial charge in [0.25, 0.3) is 5.56 Å². The van der Waals surface area contributed by atoms with Crippen LogP contribution in [-0.4, -0.2) is 36.0 Å². The average molecular weight is 573 g/mol. The number of aromatic nitrogens is 1. The van der Waals surface area contributed by atoms with E-state index in [9.17, 15) is 14.7 Å². The average Bonchev–Trinajstić information content (AvgIpc) is 3.15. The van der Waals surface area contributed by atoms with Crippen molar-refractivity contribution < 1.29 is 24.1 Å². The van der Waals surface area contributed by atoms with E-state index in [-0.39, 0.29) is 29.2 Å². The van der Waals surface area contributed by atoms with E-state index in [1.165, 1.54) is 23.0 Å². The fourth-order valence-electron chi connectivity index (χ4n) is 4.06. The number of para-hydroxylation sites is 1. The summed E-state index contributed by atoms with van der Waals surface area (Å²) in [5, 5.41) is 10.1. The quantitative estimate of drug-likeness (QED) is 0.434. The van der Waals surface area contributed by atoms with E-state index < -0.39 is 12.0 Å². The molecule has 0 radical (unpaired) electrons.